The van der Waals surface area contributed by atoms with Gasteiger partial charge in [0.05, 0.1) is 6.10 Å². The van der Waals surface area contributed by atoms with Gasteiger partial charge in [0.1, 0.15) is 11.6 Å². The van der Waals surface area contributed by atoms with Crippen molar-refractivity contribution in [2.24, 2.45) is 5.73 Å². The van der Waals surface area contributed by atoms with Gasteiger partial charge in [-0.3, -0.25) is 0 Å². The van der Waals surface area contributed by atoms with Crippen molar-refractivity contribution in [1.82, 2.24) is 0 Å². The lowest BCUT2D eigenvalue weighted by molar-refractivity contribution is 0.0376. The first-order valence-electron chi connectivity index (χ1n) is 6.39. The summed E-state index contributed by atoms with van der Waals surface area (Å²) < 4.78 is 32.1. The molecule has 2 unspecified atom stereocenters. The van der Waals surface area contributed by atoms with Crippen molar-refractivity contribution in [3.05, 3.63) is 35.4 Å². The second-order valence-electron chi connectivity index (χ2n) is 4.39. The summed E-state index contributed by atoms with van der Waals surface area (Å²) in [5.74, 6) is -0.861. The highest BCUT2D eigenvalue weighted by atomic mass is 19.1. The molecule has 0 heterocycles. The third kappa shape index (κ3) is 4.35. The largest absolute Gasteiger partial charge is 0.377 e. The van der Waals surface area contributed by atoms with Gasteiger partial charge in [0, 0.05) is 12.6 Å². The van der Waals surface area contributed by atoms with Crippen molar-refractivity contribution >= 4 is 0 Å². The molecule has 0 saturated heterocycles. The first kappa shape index (κ1) is 15.1. The first-order valence-corrected chi connectivity index (χ1v) is 6.39. The van der Waals surface area contributed by atoms with Gasteiger partial charge in [0.2, 0.25) is 0 Å². The van der Waals surface area contributed by atoms with Gasteiger partial charge in [0.25, 0.3) is 0 Å². The van der Waals surface area contributed by atoms with Crippen LogP contribution in [-0.2, 0) is 11.2 Å². The van der Waals surface area contributed by atoms with E-state index >= 15 is 0 Å². The molecule has 0 saturated carbocycles. The molecule has 0 aromatic heterocycles. The van der Waals surface area contributed by atoms with E-state index in [4.69, 9.17) is 10.5 Å². The Morgan fingerprint density at radius 2 is 2.00 bits per heavy atom. The third-order valence-electron chi connectivity index (χ3n) is 2.89. The Kier molecular flexibility index (Phi) is 6.22. The second kappa shape index (κ2) is 7.44. The quantitative estimate of drug-likeness (QED) is 0.815. The molecule has 18 heavy (non-hydrogen) atoms. The Morgan fingerprint density at radius 1 is 1.28 bits per heavy atom. The van der Waals surface area contributed by atoms with Crippen LogP contribution in [0.15, 0.2) is 18.2 Å². The molecule has 2 N–H and O–H groups in total. The average molecular weight is 257 g/mol. The Morgan fingerprint density at radius 3 is 2.61 bits per heavy atom. The van der Waals surface area contributed by atoms with Crippen molar-refractivity contribution in [1.29, 1.82) is 0 Å². The fourth-order valence-electron chi connectivity index (χ4n) is 2.00. The summed E-state index contributed by atoms with van der Waals surface area (Å²) in [6.45, 7) is 4.52. The Hall–Kier alpha value is -1.00. The summed E-state index contributed by atoms with van der Waals surface area (Å²) in [5.41, 5.74) is 6.34. The average Bonchev–Trinajstić information content (AvgIpc) is 2.33. The second-order valence-corrected chi connectivity index (χ2v) is 4.39. The summed E-state index contributed by atoms with van der Waals surface area (Å²) in [6, 6.07) is 3.12. The molecule has 0 fully saturated rings. The van der Waals surface area contributed by atoms with Crippen LogP contribution in [0.1, 0.15) is 32.3 Å². The van der Waals surface area contributed by atoms with Gasteiger partial charge in [-0.15, -0.1) is 0 Å². The highest BCUT2D eigenvalue weighted by Gasteiger charge is 2.19. The molecule has 1 aromatic carbocycles. The zero-order valence-corrected chi connectivity index (χ0v) is 11.0. The predicted octanol–water partition coefficient (Wildman–Crippen LogP) is 3.04. The van der Waals surface area contributed by atoms with E-state index in [1.807, 2.05) is 13.8 Å². The zero-order chi connectivity index (χ0) is 13.5. The van der Waals surface area contributed by atoms with E-state index in [1.54, 1.807) is 0 Å². The minimum Gasteiger partial charge on any atom is -0.377 e. The van der Waals surface area contributed by atoms with Crippen LogP contribution in [0.4, 0.5) is 8.78 Å². The summed E-state index contributed by atoms with van der Waals surface area (Å²) in [4.78, 5) is 0. The molecule has 0 amide bonds. The van der Waals surface area contributed by atoms with Crippen molar-refractivity contribution < 1.29 is 13.5 Å². The zero-order valence-electron chi connectivity index (χ0n) is 11.0. The topological polar surface area (TPSA) is 35.2 Å². The molecule has 4 heteroatoms. The van der Waals surface area contributed by atoms with Crippen LogP contribution >= 0.6 is 0 Å². The van der Waals surface area contributed by atoms with Gasteiger partial charge >= 0.3 is 0 Å². The maximum Gasteiger partial charge on any atom is 0.126 e. The Balaban J connectivity index is 2.71. The monoisotopic (exact) mass is 257 g/mol. The number of halogens is 2. The van der Waals surface area contributed by atoms with Gasteiger partial charge in [0.15, 0.2) is 0 Å². The summed E-state index contributed by atoms with van der Waals surface area (Å²) in [5, 5.41) is 0. The van der Waals surface area contributed by atoms with Gasteiger partial charge < -0.3 is 10.5 Å². The third-order valence-corrected chi connectivity index (χ3v) is 2.89. The van der Waals surface area contributed by atoms with Crippen LogP contribution in [0.2, 0.25) is 0 Å². The van der Waals surface area contributed by atoms with E-state index in [1.165, 1.54) is 6.07 Å². The summed E-state index contributed by atoms with van der Waals surface area (Å²) >= 11 is 0. The van der Waals surface area contributed by atoms with Gasteiger partial charge in [-0.05, 0) is 43.5 Å². The maximum atomic E-state index is 13.5. The molecule has 0 aliphatic carbocycles. The highest BCUT2D eigenvalue weighted by Crippen LogP contribution is 2.15. The lowest BCUT2D eigenvalue weighted by atomic mass is 9.98. The van der Waals surface area contributed by atoms with Crippen LogP contribution in [0.25, 0.3) is 0 Å². The lowest BCUT2D eigenvalue weighted by Crippen LogP contribution is -2.38. The Labute approximate surface area is 107 Å². The van der Waals surface area contributed by atoms with E-state index in [2.05, 4.69) is 0 Å². The molecule has 2 nitrogen and oxygen atoms in total. The van der Waals surface area contributed by atoms with Crippen molar-refractivity contribution in [2.45, 2.75) is 45.3 Å². The SMILES string of the molecule is CCCC(OCC)C(N)Cc1cc(F)ccc1F. The minimum absolute atomic E-state index is 0.109. The fraction of sp³-hybridized carbons (Fsp3) is 0.571. The van der Waals surface area contributed by atoms with E-state index < -0.39 is 11.6 Å². The normalized spacial score (nSPS) is 14.5. The molecule has 1 rings (SSSR count). The van der Waals surface area contributed by atoms with Crippen LogP contribution in [0.5, 0.6) is 0 Å². The molecule has 1 aromatic rings. The molecule has 2 atom stereocenters. The number of ether oxygens (including phenoxy) is 1. The molecule has 0 aliphatic rings. The van der Waals surface area contributed by atoms with Crippen molar-refractivity contribution in [2.75, 3.05) is 6.61 Å². The van der Waals surface area contributed by atoms with Gasteiger partial charge in [-0.25, -0.2) is 8.78 Å². The number of benzene rings is 1. The first-order chi connectivity index (χ1) is 8.58. The standard InChI is InChI=1S/C14H21F2NO/c1-3-5-14(18-4-2)13(17)9-10-8-11(15)6-7-12(10)16/h6-8,13-14H,3-5,9,17H2,1-2H3. The number of hydrogen-bond donors (Lipinski definition) is 1. The minimum atomic E-state index is -0.443. The molecule has 0 spiro atoms. The van der Waals surface area contributed by atoms with Crippen molar-refractivity contribution in [3.63, 3.8) is 0 Å². The van der Waals surface area contributed by atoms with E-state index in [0.29, 0.717) is 12.2 Å². The smallest absolute Gasteiger partial charge is 0.126 e. The molecule has 0 aliphatic heterocycles. The lowest BCUT2D eigenvalue weighted by Gasteiger charge is -2.23. The number of hydrogen-bond acceptors (Lipinski definition) is 2. The van der Waals surface area contributed by atoms with Crippen molar-refractivity contribution in [3.8, 4) is 0 Å². The molecular formula is C14H21F2NO. The maximum absolute atomic E-state index is 13.5. The van der Waals surface area contributed by atoms with Crippen LogP contribution < -0.4 is 5.73 Å². The van der Waals surface area contributed by atoms with E-state index in [-0.39, 0.29) is 18.6 Å². The Bertz CT molecular complexity index is 365. The molecular weight excluding hydrogens is 236 g/mol. The highest BCUT2D eigenvalue weighted by molar-refractivity contribution is 5.20. The molecule has 102 valence electrons. The molecule has 0 radical (unpaired) electrons. The van der Waals surface area contributed by atoms with Crippen LogP contribution in [-0.4, -0.2) is 18.8 Å². The van der Waals surface area contributed by atoms with Crippen LogP contribution in [0.3, 0.4) is 0 Å². The van der Waals surface area contributed by atoms with Gasteiger partial charge in [-0.2, -0.15) is 0 Å². The summed E-state index contributed by atoms with van der Waals surface area (Å²) in [6.07, 6.45) is 1.95. The van der Waals surface area contributed by atoms with Gasteiger partial charge in [-0.1, -0.05) is 13.3 Å². The van der Waals surface area contributed by atoms with E-state index in [0.717, 1.165) is 25.0 Å². The van der Waals surface area contributed by atoms with E-state index in [9.17, 15) is 8.78 Å². The summed E-state index contributed by atoms with van der Waals surface area (Å²) in [7, 11) is 0. The fourth-order valence-corrected chi connectivity index (χ4v) is 2.00. The number of rotatable bonds is 7. The molecule has 0 bridgehead atoms. The van der Waals surface area contributed by atoms with Crippen LogP contribution in [0, 0.1) is 11.6 Å². The predicted molar refractivity (Wildman–Crippen MR) is 68.4 cm³/mol. The number of nitrogens with two attached hydrogens (primary N) is 1.